The van der Waals surface area contributed by atoms with E-state index in [1.807, 2.05) is 11.3 Å². The van der Waals surface area contributed by atoms with Crippen molar-refractivity contribution < 1.29 is 0 Å². The first-order valence-electron chi connectivity index (χ1n) is 29.9. The first-order chi connectivity index (χ1) is 41.4. The molecule has 0 radical (unpaired) electrons. The summed E-state index contributed by atoms with van der Waals surface area (Å²) in [6.45, 7) is 13.9. The second-order valence-electron chi connectivity index (χ2n) is 25.7. The maximum absolute atomic E-state index is 2.69. The highest BCUT2D eigenvalue weighted by molar-refractivity contribution is 7.26. The Morgan fingerprint density at radius 1 is 0.341 bits per heavy atom. The normalized spacial score (nSPS) is 13.0. The standard InChI is InChI=1S/C80H60BN3S/c1-79(2,3)56-40-54(41-57(46-56)80(4,5)6)53-34-37-59(51-26-14-9-15-27-51)72(45-53)83-71-39-36-58(82-68-31-19-16-28-60(68)61-29-17-20-32-69(61)82)47-66(71)81-67-44-55(50-24-12-8-13-25-50)43-64-63-42-52(49-22-10-7-11-23-49)35-38-70(63)84(76(64)67)77-75(81)73(83)48-65-62-30-18-21-33-74(62)85-78(65)77/h7-48H,1-6H3. The van der Waals surface area contributed by atoms with Crippen molar-refractivity contribution >= 4 is 115 Å². The molecule has 0 amide bonds. The lowest BCUT2D eigenvalue weighted by atomic mass is 9.33. The van der Waals surface area contributed by atoms with Gasteiger partial charge in [-0.25, -0.2) is 0 Å². The first-order valence-corrected chi connectivity index (χ1v) is 30.7. The summed E-state index contributed by atoms with van der Waals surface area (Å²) in [6.07, 6.45) is 0. The van der Waals surface area contributed by atoms with E-state index in [1.165, 1.54) is 153 Å². The van der Waals surface area contributed by atoms with Crippen molar-refractivity contribution in [1.82, 2.24) is 9.13 Å². The molecule has 5 heteroatoms. The Labute approximate surface area is 500 Å². The van der Waals surface area contributed by atoms with E-state index in [1.54, 1.807) is 0 Å². The molecular weight excluding hydrogens is 1050 g/mol. The molecule has 0 saturated heterocycles. The van der Waals surface area contributed by atoms with Crippen LogP contribution in [0.2, 0.25) is 0 Å². The van der Waals surface area contributed by atoms with E-state index in [9.17, 15) is 0 Å². The van der Waals surface area contributed by atoms with Crippen LogP contribution >= 0.6 is 11.3 Å². The minimum Gasteiger partial charge on any atom is -0.311 e. The summed E-state index contributed by atoms with van der Waals surface area (Å²) in [5, 5.41) is 7.57. The summed E-state index contributed by atoms with van der Waals surface area (Å²) < 4.78 is 7.79. The fraction of sp³-hybridized carbons (Fsp3) is 0.100. The maximum atomic E-state index is 2.69. The molecule has 17 rings (SSSR count). The van der Waals surface area contributed by atoms with E-state index in [-0.39, 0.29) is 17.5 Å². The number of fused-ring (bicyclic) bond motifs is 14. The zero-order chi connectivity index (χ0) is 57.0. The number of para-hydroxylation sites is 2. The summed E-state index contributed by atoms with van der Waals surface area (Å²) in [6, 6.07) is 96.9. The molecule has 0 fully saturated rings. The predicted molar refractivity (Wildman–Crippen MR) is 366 cm³/mol. The molecule has 3 nitrogen and oxygen atoms in total. The Hall–Kier alpha value is -9.68. The highest BCUT2D eigenvalue weighted by Gasteiger charge is 2.45. The van der Waals surface area contributed by atoms with Crippen LogP contribution in [0.1, 0.15) is 52.7 Å². The van der Waals surface area contributed by atoms with Crippen molar-refractivity contribution in [2.45, 2.75) is 52.4 Å². The van der Waals surface area contributed by atoms with Crippen LogP contribution in [-0.2, 0) is 10.8 Å². The number of thiophene rings is 1. The second-order valence-corrected chi connectivity index (χ2v) is 26.7. The van der Waals surface area contributed by atoms with E-state index in [2.05, 4.69) is 310 Å². The lowest BCUT2D eigenvalue weighted by molar-refractivity contribution is 0.569. The van der Waals surface area contributed by atoms with E-state index >= 15 is 0 Å². The monoisotopic (exact) mass is 1110 g/mol. The minimum absolute atomic E-state index is 0.0522. The van der Waals surface area contributed by atoms with E-state index in [0.717, 1.165) is 11.4 Å². The lowest BCUT2D eigenvalue weighted by Gasteiger charge is -2.41. The molecule has 3 aromatic heterocycles. The Morgan fingerprint density at radius 3 is 1.56 bits per heavy atom. The third-order valence-corrected chi connectivity index (χ3v) is 19.7. The molecule has 404 valence electrons. The topological polar surface area (TPSA) is 13.1 Å². The minimum atomic E-state index is -0.156. The molecule has 0 saturated carbocycles. The maximum Gasteiger partial charge on any atom is 0.252 e. The van der Waals surface area contributed by atoms with Crippen molar-refractivity contribution in [2.75, 3.05) is 4.90 Å². The molecule has 12 aromatic carbocycles. The molecule has 15 aromatic rings. The molecular formula is C80H60BN3S. The zero-order valence-corrected chi connectivity index (χ0v) is 49.4. The van der Waals surface area contributed by atoms with Gasteiger partial charge < -0.3 is 14.0 Å². The summed E-state index contributed by atoms with van der Waals surface area (Å²) >= 11 is 1.94. The van der Waals surface area contributed by atoms with Gasteiger partial charge in [-0.05, 0) is 144 Å². The van der Waals surface area contributed by atoms with Gasteiger partial charge in [0.2, 0.25) is 0 Å². The molecule has 5 heterocycles. The van der Waals surface area contributed by atoms with Gasteiger partial charge >= 0.3 is 0 Å². The van der Waals surface area contributed by atoms with Crippen LogP contribution in [0.25, 0.3) is 120 Å². The number of aromatic nitrogens is 2. The first kappa shape index (κ1) is 49.9. The molecule has 0 atom stereocenters. The Balaban J connectivity index is 1.05. The van der Waals surface area contributed by atoms with Crippen LogP contribution in [0, 0.1) is 0 Å². The van der Waals surface area contributed by atoms with Crippen molar-refractivity contribution in [3.8, 4) is 55.9 Å². The summed E-state index contributed by atoms with van der Waals surface area (Å²) in [4.78, 5) is 2.68. The Bertz CT molecular complexity index is 5180. The van der Waals surface area contributed by atoms with E-state index < -0.39 is 0 Å². The van der Waals surface area contributed by atoms with Crippen molar-refractivity contribution in [3.63, 3.8) is 0 Å². The molecule has 0 N–H and O–H groups in total. The van der Waals surface area contributed by atoms with Crippen LogP contribution < -0.4 is 21.3 Å². The molecule has 85 heavy (non-hydrogen) atoms. The van der Waals surface area contributed by atoms with Crippen LogP contribution in [0.5, 0.6) is 0 Å². The number of benzene rings is 12. The third kappa shape index (κ3) is 7.59. The SMILES string of the molecule is CC(C)(C)c1cc(-c2ccc(-c3ccccc3)c(N3c4ccc(-n5c6ccccc6c6ccccc65)cc4B4c5c3cc3c(sc6ccccc63)c5-n3c5ccc(-c6ccccc6)cc5c5cc(-c6ccccc6)cc4c53)c2)cc(C(C)(C)C)c1. The smallest absolute Gasteiger partial charge is 0.252 e. The Kier molecular flexibility index (Phi) is 10.8. The number of nitrogens with zero attached hydrogens (tertiary/aromatic N) is 3. The van der Waals surface area contributed by atoms with Crippen LogP contribution in [-0.4, -0.2) is 15.8 Å². The van der Waals surface area contributed by atoms with Crippen molar-refractivity contribution in [3.05, 3.63) is 266 Å². The average molecular weight is 1110 g/mol. The van der Waals surface area contributed by atoms with Gasteiger partial charge in [0.1, 0.15) is 0 Å². The van der Waals surface area contributed by atoms with Gasteiger partial charge in [-0.15, -0.1) is 11.3 Å². The molecule has 0 aliphatic carbocycles. The predicted octanol–water partition coefficient (Wildman–Crippen LogP) is 20.1. The van der Waals surface area contributed by atoms with Gasteiger partial charge in [-0.1, -0.05) is 230 Å². The molecule has 2 aliphatic rings. The third-order valence-electron chi connectivity index (χ3n) is 18.6. The van der Waals surface area contributed by atoms with E-state index in [4.69, 9.17) is 0 Å². The Morgan fingerprint density at radius 2 is 0.894 bits per heavy atom. The number of rotatable bonds is 6. The molecule has 0 unspecified atom stereocenters. The van der Waals surface area contributed by atoms with Crippen LogP contribution in [0.4, 0.5) is 17.1 Å². The molecule has 2 aliphatic heterocycles. The van der Waals surface area contributed by atoms with Crippen molar-refractivity contribution in [1.29, 1.82) is 0 Å². The highest BCUT2D eigenvalue weighted by Crippen LogP contribution is 2.51. The quantitative estimate of drug-likeness (QED) is 0.151. The second kappa shape index (κ2) is 18.4. The lowest BCUT2D eigenvalue weighted by Crippen LogP contribution is -2.60. The number of anilines is 3. The van der Waals surface area contributed by atoms with E-state index in [0.29, 0.717) is 0 Å². The van der Waals surface area contributed by atoms with Crippen LogP contribution in [0.3, 0.4) is 0 Å². The van der Waals surface area contributed by atoms with Gasteiger partial charge in [0.25, 0.3) is 6.71 Å². The van der Waals surface area contributed by atoms with Crippen molar-refractivity contribution in [2.24, 2.45) is 0 Å². The zero-order valence-electron chi connectivity index (χ0n) is 48.6. The fourth-order valence-corrected chi connectivity index (χ4v) is 15.6. The molecule has 0 spiro atoms. The summed E-state index contributed by atoms with van der Waals surface area (Å²) in [7, 11) is 0. The van der Waals surface area contributed by atoms with Gasteiger partial charge in [0, 0.05) is 65.2 Å². The van der Waals surface area contributed by atoms with Crippen LogP contribution in [0.15, 0.2) is 255 Å². The number of hydrogen-bond acceptors (Lipinski definition) is 2. The average Bonchev–Trinajstić information content (AvgIpc) is 2.00. The van der Waals surface area contributed by atoms with Gasteiger partial charge in [-0.2, -0.15) is 0 Å². The largest absolute Gasteiger partial charge is 0.311 e. The number of hydrogen-bond donors (Lipinski definition) is 0. The van der Waals surface area contributed by atoms with Gasteiger partial charge in [0.05, 0.1) is 32.6 Å². The van der Waals surface area contributed by atoms with Gasteiger partial charge in [0.15, 0.2) is 0 Å². The summed E-state index contributed by atoms with van der Waals surface area (Å²) in [5.74, 6) is 0. The van der Waals surface area contributed by atoms with Gasteiger partial charge in [-0.3, -0.25) is 0 Å². The fourth-order valence-electron chi connectivity index (χ4n) is 14.4. The summed E-state index contributed by atoms with van der Waals surface area (Å²) in [5.41, 5.74) is 26.9. The molecule has 0 bridgehead atoms. The highest BCUT2D eigenvalue weighted by atomic mass is 32.1.